The number of primary amides is 1. The van der Waals surface area contributed by atoms with Crippen molar-refractivity contribution in [3.05, 3.63) is 0 Å². The monoisotopic (exact) mass is 159 g/mol. The number of carbonyl (C=O) groups excluding carboxylic acids is 1. The van der Waals surface area contributed by atoms with Crippen molar-refractivity contribution in [2.24, 2.45) is 11.7 Å². The minimum atomic E-state index is -0.673. The van der Waals surface area contributed by atoms with Gasteiger partial charge in [0.25, 0.3) is 0 Å². The number of nitrogens with two attached hydrogens (primary N) is 1. The molecule has 0 saturated heterocycles. The predicted octanol–water partition coefficient (Wildman–Crippen LogP) is 1.91. The van der Waals surface area contributed by atoms with E-state index in [1.165, 1.54) is 12.8 Å². The number of rotatable bonds is 5. The zero-order valence-electron chi connectivity index (χ0n) is 7.30. The van der Waals surface area contributed by atoms with Crippen LogP contribution in [0, 0.1) is 5.92 Å². The lowest BCUT2D eigenvalue weighted by Gasteiger charge is -2.09. The number of unbranched alkanes of at least 4 members (excludes halogenated alkanes) is 1. The van der Waals surface area contributed by atoms with Gasteiger partial charge in [0.2, 0.25) is 0 Å². The fourth-order valence-electron chi connectivity index (χ4n) is 0.860. The number of hydrogen-bond acceptors (Lipinski definition) is 2. The largest absolute Gasteiger partial charge is 0.449 e. The Morgan fingerprint density at radius 1 is 1.64 bits per heavy atom. The summed E-state index contributed by atoms with van der Waals surface area (Å²) in [5.41, 5.74) is 4.81. The van der Waals surface area contributed by atoms with Gasteiger partial charge in [-0.25, -0.2) is 4.79 Å². The van der Waals surface area contributed by atoms with Crippen molar-refractivity contribution in [1.29, 1.82) is 0 Å². The molecule has 0 aliphatic heterocycles. The third-order valence-corrected chi connectivity index (χ3v) is 1.56. The van der Waals surface area contributed by atoms with Gasteiger partial charge in [0.15, 0.2) is 0 Å². The van der Waals surface area contributed by atoms with Gasteiger partial charge in [-0.05, 0) is 12.3 Å². The molecule has 1 unspecified atom stereocenters. The molecule has 0 aromatic carbocycles. The van der Waals surface area contributed by atoms with Crippen LogP contribution in [0.25, 0.3) is 0 Å². The van der Waals surface area contributed by atoms with Gasteiger partial charge in [-0.1, -0.05) is 26.7 Å². The van der Waals surface area contributed by atoms with Crippen LogP contribution in [0.5, 0.6) is 0 Å². The molecule has 2 N–H and O–H groups in total. The molecule has 3 heteroatoms. The van der Waals surface area contributed by atoms with Gasteiger partial charge < -0.3 is 10.5 Å². The summed E-state index contributed by atoms with van der Waals surface area (Å²) >= 11 is 0. The number of hydrogen-bond donors (Lipinski definition) is 1. The molecule has 0 aromatic heterocycles. The Hall–Kier alpha value is -0.730. The fraction of sp³-hybridized carbons (Fsp3) is 0.875. The molecule has 1 atom stereocenters. The minimum Gasteiger partial charge on any atom is -0.449 e. The fourth-order valence-corrected chi connectivity index (χ4v) is 0.860. The molecule has 0 saturated carbocycles. The molecule has 0 aromatic rings. The first-order valence-electron chi connectivity index (χ1n) is 4.09. The van der Waals surface area contributed by atoms with E-state index >= 15 is 0 Å². The third kappa shape index (κ3) is 7.16. The highest BCUT2D eigenvalue weighted by molar-refractivity contribution is 5.64. The van der Waals surface area contributed by atoms with Gasteiger partial charge in [0.05, 0.1) is 6.61 Å². The maximum Gasteiger partial charge on any atom is 0.404 e. The standard InChI is InChI=1S/C8H17NO2/c1-3-4-5-7(2)6-11-8(9)10/h7H,3-6H2,1-2H3,(H2,9,10). The summed E-state index contributed by atoms with van der Waals surface area (Å²) < 4.78 is 4.64. The summed E-state index contributed by atoms with van der Waals surface area (Å²) in [5.74, 6) is 0.433. The van der Waals surface area contributed by atoms with Crippen LogP contribution in [0.2, 0.25) is 0 Å². The Labute approximate surface area is 67.9 Å². The van der Waals surface area contributed by atoms with Gasteiger partial charge in [-0.2, -0.15) is 0 Å². The summed E-state index contributed by atoms with van der Waals surface area (Å²) in [4.78, 5) is 10.2. The molecule has 0 radical (unpaired) electrons. The first-order chi connectivity index (χ1) is 5.16. The van der Waals surface area contributed by atoms with Crippen molar-refractivity contribution < 1.29 is 9.53 Å². The van der Waals surface area contributed by atoms with Gasteiger partial charge in [-0.15, -0.1) is 0 Å². The van der Waals surface area contributed by atoms with Gasteiger partial charge >= 0.3 is 6.09 Å². The summed E-state index contributed by atoms with van der Waals surface area (Å²) in [7, 11) is 0. The van der Waals surface area contributed by atoms with Crippen LogP contribution in [-0.4, -0.2) is 12.7 Å². The molecule has 0 aliphatic rings. The van der Waals surface area contributed by atoms with E-state index in [0.717, 1.165) is 6.42 Å². The lowest BCUT2D eigenvalue weighted by atomic mass is 10.1. The predicted molar refractivity (Wildman–Crippen MR) is 44.2 cm³/mol. The van der Waals surface area contributed by atoms with Crippen molar-refractivity contribution in [2.45, 2.75) is 33.1 Å². The van der Waals surface area contributed by atoms with Crippen molar-refractivity contribution >= 4 is 6.09 Å². The van der Waals surface area contributed by atoms with Crippen LogP contribution in [0.1, 0.15) is 33.1 Å². The maximum atomic E-state index is 10.2. The SMILES string of the molecule is CCCCC(C)COC(N)=O. The second-order valence-corrected chi connectivity index (χ2v) is 2.88. The van der Waals surface area contributed by atoms with Crippen LogP contribution in [0.3, 0.4) is 0 Å². The number of ether oxygens (including phenoxy) is 1. The van der Waals surface area contributed by atoms with Crippen molar-refractivity contribution in [3.63, 3.8) is 0 Å². The highest BCUT2D eigenvalue weighted by Gasteiger charge is 2.02. The van der Waals surface area contributed by atoms with Crippen molar-refractivity contribution in [1.82, 2.24) is 0 Å². The molecule has 0 aliphatic carbocycles. The van der Waals surface area contributed by atoms with Crippen molar-refractivity contribution in [3.8, 4) is 0 Å². The molecule has 3 nitrogen and oxygen atoms in total. The third-order valence-electron chi connectivity index (χ3n) is 1.56. The van der Waals surface area contributed by atoms with E-state index in [-0.39, 0.29) is 0 Å². The second kappa shape index (κ2) is 6.01. The van der Waals surface area contributed by atoms with Gasteiger partial charge in [0.1, 0.15) is 0 Å². The zero-order valence-corrected chi connectivity index (χ0v) is 7.30. The Kier molecular flexibility index (Phi) is 5.61. The molecular weight excluding hydrogens is 142 g/mol. The highest BCUT2D eigenvalue weighted by atomic mass is 16.5. The van der Waals surface area contributed by atoms with E-state index < -0.39 is 6.09 Å². The molecule has 0 heterocycles. The Bertz CT molecular complexity index is 115. The van der Waals surface area contributed by atoms with Crippen LogP contribution in [0.15, 0.2) is 0 Å². The lowest BCUT2D eigenvalue weighted by molar-refractivity contribution is 0.137. The summed E-state index contributed by atoms with van der Waals surface area (Å²) in [6.07, 6.45) is 2.79. The zero-order chi connectivity index (χ0) is 8.69. The van der Waals surface area contributed by atoms with Gasteiger partial charge in [0, 0.05) is 0 Å². The molecule has 11 heavy (non-hydrogen) atoms. The van der Waals surface area contributed by atoms with Crippen LogP contribution >= 0.6 is 0 Å². The number of carbonyl (C=O) groups is 1. The Morgan fingerprint density at radius 2 is 2.27 bits per heavy atom. The van der Waals surface area contributed by atoms with Crippen LogP contribution in [-0.2, 0) is 4.74 Å². The van der Waals surface area contributed by atoms with Gasteiger partial charge in [-0.3, -0.25) is 0 Å². The topological polar surface area (TPSA) is 52.3 Å². The molecule has 1 amide bonds. The smallest absolute Gasteiger partial charge is 0.404 e. The Balaban J connectivity index is 3.22. The van der Waals surface area contributed by atoms with E-state index in [1.807, 2.05) is 0 Å². The van der Waals surface area contributed by atoms with E-state index in [9.17, 15) is 4.79 Å². The van der Waals surface area contributed by atoms with E-state index in [1.54, 1.807) is 0 Å². The molecular formula is C8H17NO2. The summed E-state index contributed by atoms with van der Waals surface area (Å²) in [6.45, 7) is 4.65. The van der Waals surface area contributed by atoms with E-state index in [0.29, 0.717) is 12.5 Å². The molecule has 0 rings (SSSR count). The normalized spacial score (nSPS) is 12.5. The first kappa shape index (κ1) is 10.3. The van der Waals surface area contributed by atoms with Crippen LogP contribution < -0.4 is 5.73 Å². The molecule has 0 spiro atoms. The average Bonchev–Trinajstić information content (AvgIpc) is 1.97. The maximum absolute atomic E-state index is 10.2. The lowest BCUT2D eigenvalue weighted by Crippen LogP contribution is -2.17. The van der Waals surface area contributed by atoms with Crippen LogP contribution in [0.4, 0.5) is 4.79 Å². The van der Waals surface area contributed by atoms with E-state index in [4.69, 9.17) is 5.73 Å². The second-order valence-electron chi connectivity index (χ2n) is 2.88. The molecule has 0 fully saturated rings. The molecule has 0 bridgehead atoms. The summed E-state index contributed by atoms with van der Waals surface area (Å²) in [6, 6.07) is 0. The Morgan fingerprint density at radius 3 is 2.73 bits per heavy atom. The minimum absolute atomic E-state index is 0.433. The average molecular weight is 159 g/mol. The summed E-state index contributed by atoms with van der Waals surface area (Å²) in [5, 5.41) is 0. The first-order valence-corrected chi connectivity index (χ1v) is 4.09. The highest BCUT2D eigenvalue weighted by Crippen LogP contribution is 2.07. The van der Waals surface area contributed by atoms with Crippen molar-refractivity contribution in [2.75, 3.05) is 6.61 Å². The molecule has 66 valence electrons. The number of amides is 1. The quantitative estimate of drug-likeness (QED) is 0.666. The van der Waals surface area contributed by atoms with E-state index in [2.05, 4.69) is 18.6 Å².